The fraction of sp³-hybridized carbons (Fsp3) is 0.0625. The smallest absolute Gasteiger partial charge is 0.181 e. The van der Waals surface area contributed by atoms with Crippen molar-refractivity contribution < 1.29 is 9.53 Å². The first-order valence-electron chi connectivity index (χ1n) is 6.42. The molecule has 1 heterocycles. The number of methoxy groups -OCH3 is 1. The number of nitrogens with one attached hydrogen (secondary N) is 1. The Morgan fingerprint density at radius 1 is 1.10 bits per heavy atom. The minimum atomic E-state index is 0.560. The highest BCUT2D eigenvalue weighted by atomic mass is 16.5. The third kappa shape index (κ3) is 2.67. The molecule has 0 atom stereocenters. The molecule has 1 N–H and O–H groups in total. The summed E-state index contributed by atoms with van der Waals surface area (Å²) < 4.78 is 5.13. The molecule has 5 heteroatoms. The second-order valence-corrected chi connectivity index (χ2v) is 4.48. The molecule has 0 saturated carbocycles. The van der Waals surface area contributed by atoms with Gasteiger partial charge >= 0.3 is 0 Å². The molecule has 2 aromatic carbocycles. The third-order valence-corrected chi connectivity index (χ3v) is 3.13. The summed E-state index contributed by atoms with van der Waals surface area (Å²) in [5.74, 6) is 2.02. The van der Waals surface area contributed by atoms with E-state index in [1.807, 2.05) is 36.4 Å². The van der Waals surface area contributed by atoms with Gasteiger partial charge in [-0.15, -0.1) is 0 Å². The van der Waals surface area contributed by atoms with Crippen LogP contribution in [0.4, 0.5) is 0 Å². The summed E-state index contributed by atoms with van der Waals surface area (Å²) in [7, 11) is 1.63. The van der Waals surface area contributed by atoms with E-state index in [4.69, 9.17) is 4.74 Å². The fourth-order valence-corrected chi connectivity index (χ4v) is 2.02. The minimum absolute atomic E-state index is 0.560. The van der Waals surface area contributed by atoms with Crippen LogP contribution in [0.15, 0.2) is 48.5 Å². The van der Waals surface area contributed by atoms with Gasteiger partial charge in [-0.1, -0.05) is 18.2 Å². The maximum atomic E-state index is 10.8. The van der Waals surface area contributed by atoms with Crippen LogP contribution >= 0.6 is 0 Å². The second-order valence-electron chi connectivity index (χ2n) is 4.48. The molecule has 0 spiro atoms. The van der Waals surface area contributed by atoms with E-state index in [9.17, 15) is 4.79 Å². The number of carbonyl (C=O) groups is 1. The van der Waals surface area contributed by atoms with Crippen LogP contribution in [-0.2, 0) is 0 Å². The summed E-state index contributed by atoms with van der Waals surface area (Å²) in [6.45, 7) is 0. The molecular formula is C16H13N3O2. The average molecular weight is 279 g/mol. The molecule has 0 bridgehead atoms. The lowest BCUT2D eigenvalue weighted by atomic mass is 10.1. The van der Waals surface area contributed by atoms with Gasteiger partial charge in [0, 0.05) is 16.7 Å². The zero-order chi connectivity index (χ0) is 14.7. The highest BCUT2D eigenvalue weighted by Crippen LogP contribution is 2.22. The Morgan fingerprint density at radius 3 is 2.62 bits per heavy atom. The van der Waals surface area contributed by atoms with E-state index in [1.54, 1.807) is 19.2 Å². The monoisotopic (exact) mass is 279 g/mol. The van der Waals surface area contributed by atoms with Crippen LogP contribution in [0.2, 0.25) is 0 Å². The Hall–Kier alpha value is -2.95. The summed E-state index contributed by atoms with van der Waals surface area (Å²) in [4.78, 5) is 15.3. The Labute approximate surface area is 121 Å². The van der Waals surface area contributed by atoms with Crippen LogP contribution in [0, 0.1) is 0 Å². The van der Waals surface area contributed by atoms with Crippen molar-refractivity contribution in [3.63, 3.8) is 0 Å². The van der Waals surface area contributed by atoms with Crippen molar-refractivity contribution in [2.45, 2.75) is 0 Å². The fourth-order valence-electron chi connectivity index (χ4n) is 2.02. The molecule has 0 amide bonds. The molecule has 3 aromatic rings. The van der Waals surface area contributed by atoms with E-state index in [0.717, 1.165) is 23.2 Å². The van der Waals surface area contributed by atoms with Gasteiger partial charge in [-0.25, -0.2) is 4.98 Å². The maximum absolute atomic E-state index is 10.8. The van der Waals surface area contributed by atoms with Gasteiger partial charge in [0.25, 0.3) is 0 Å². The van der Waals surface area contributed by atoms with E-state index in [1.165, 1.54) is 0 Å². The Kier molecular flexibility index (Phi) is 3.47. The molecule has 0 radical (unpaired) electrons. The number of hydrogen-bond acceptors (Lipinski definition) is 4. The number of nitrogens with zero attached hydrogens (tertiary/aromatic N) is 2. The maximum Gasteiger partial charge on any atom is 0.181 e. The molecule has 0 fully saturated rings. The molecule has 0 unspecified atom stereocenters. The zero-order valence-electron chi connectivity index (χ0n) is 11.4. The lowest BCUT2D eigenvalue weighted by molar-refractivity contribution is 0.112. The Bertz CT molecular complexity index is 763. The highest BCUT2D eigenvalue weighted by Gasteiger charge is 2.08. The van der Waals surface area contributed by atoms with E-state index in [2.05, 4.69) is 15.2 Å². The van der Waals surface area contributed by atoms with Crippen LogP contribution in [0.5, 0.6) is 5.75 Å². The van der Waals surface area contributed by atoms with Crippen molar-refractivity contribution in [3.05, 3.63) is 54.1 Å². The van der Waals surface area contributed by atoms with Crippen LogP contribution < -0.4 is 4.74 Å². The number of aromatic nitrogens is 3. The predicted molar refractivity (Wildman–Crippen MR) is 79.2 cm³/mol. The highest BCUT2D eigenvalue weighted by molar-refractivity contribution is 5.77. The first-order valence-corrected chi connectivity index (χ1v) is 6.42. The molecule has 21 heavy (non-hydrogen) atoms. The standard InChI is InChI=1S/C16H13N3O2/c1-21-14-7-5-12(6-8-14)15-17-16(19-18-15)13-4-2-3-11(9-13)10-20/h2-10H,1H3,(H,17,18,19). The van der Waals surface area contributed by atoms with Gasteiger partial charge in [-0.3, -0.25) is 9.89 Å². The van der Waals surface area contributed by atoms with Crippen LogP contribution in [0.3, 0.4) is 0 Å². The number of hydrogen-bond donors (Lipinski definition) is 1. The van der Waals surface area contributed by atoms with Gasteiger partial charge < -0.3 is 4.74 Å². The first-order chi connectivity index (χ1) is 10.3. The zero-order valence-corrected chi connectivity index (χ0v) is 11.4. The quantitative estimate of drug-likeness (QED) is 0.745. The van der Waals surface area contributed by atoms with E-state index in [-0.39, 0.29) is 0 Å². The average Bonchev–Trinajstić information content (AvgIpc) is 3.05. The summed E-state index contributed by atoms with van der Waals surface area (Å²) in [6.07, 6.45) is 0.806. The lowest BCUT2D eigenvalue weighted by Crippen LogP contribution is -1.85. The van der Waals surface area contributed by atoms with Crippen LogP contribution in [0.25, 0.3) is 22.8 Å². The molecular weight excluding hydrogens is 266 g/mol. The van der Waals surface area contributed by atoms with Gasteiger partial charge in [-0.2, -0.15) is 5.10 Å². The van der Waals surface area contributed by atoms with Crippen molar-refractivity contribution >= 4 is 6.29 Å². The summed E-state index contributed by atoms with van der Waals surface area (Å²) in [5, 5.41) is 7.10. The number of H-pyrrole nitrogens is 1. The molecule has 104 valence electrons. The normalized spacial score (nSPS) is 10.3. The van der Waals surface area contributed by atoms with Gasteiger partial charge in [0.15, 0.2) is 11.6 Å². The molecule has 1 aromatic heterocycles. The summed E-state index contributed by atoms with van der Waals surface area (Å²) in [5.41, 5.74) is 2.32. The van der Waals surface area contributed by atoms with Crippen LogP contribution in [0.1, 0.15) is 10.4 Å². The predicted octanol–water partition coefficient (Wildman–Crippen LogP) is 2.96. The number of benzene rings is 2. The number of ether oxygens (including phenoxy) is 1. The molecule has 0 aliphatic heterocycles. The molecule has 0 aliphatic rings. The van der Waals surface area contributed by atoms with Crippen molar-refractivity contribution in [2.75, 3.05) is 7.11 Å². The van der Waals surface area contributed by atoms with Gasteiger partial charge in [0.2, 0.25) is 0 Å². The van der Waals surface area contributed by atoms with Gasteiger partial charge in [0.1, 0.15) is 12.0 Å². The van der Waals surface area contributed by atoms with E-state index >= 15 is 0 Å². The molecule has 0 saturated heterocycles. The first kappa shape index (κ1) is 13.1. The van der Waals surface area contributed by atoms with E-state index in [0.29, 0.717) is 17.2 Å². The SMILES string of the molecule is COc1ccc(-c2nc(-c3cccc(C=O)c3)n[nH]2)cc1. The number of aromatic amines is 1. The van der Waals surface area contributed by atoms with Gasteiger partial charge in [-0.05, 0) is 30.3 Å². The number of carbonyl (C=O) groups excluding carboxylic acids is 1. The Morgan fingerprint density at radius 2 is 1.90 bits per heavy atom. The minimum Gasteiger partial charge on any atom is -0.497 e. The van der Waals surface area contributed by atoms with Crippen molar-refractivity contribution in [3.8, 4) is 28.5 Å². The topological polar surface area (TPSA) is 67.9 Å². The lowest BCUT2D eigenvalue weighted by Gasteiger charge is -2.00. The number of aldehydes is 1. The van der Waals surface area contributed by atoms with Gasteiger partial charge in [0.05, 0.1) is 7.11 Å². The van der Waals surface area contributed by atoms with Crippen LogP contribution in [-0.4, -0.2) is 28.6 Å². The Balaban J connectivity index is 1.93. The summed E-state index contributed by atoms with van der Waals surface area (Å²) in [6, 6.07) is 14.7. The molecule has 0 aliphatic carbocycles. The second kappa shape index (κ2) is 5.58. The largest absolute Gasteiger partial charge is 0.497 e. The third-order valence-electron chi connectivity index (χ3n) is 3.13. The van der Waals surface area contributed by atoms with Crippen molar-refractivity contribution in [1.29, 1.82) is 0 Å². The molecule has 5 nitrogen and oxygen atoms in total. The van der Waals surface area contributed by atoms with E-state index < -0.39 is 0 Å². The van der Waals surface area contributed by atoms with Crippen molar-refractivity contribution in [1.82, 2.24) is 15.2 Å². The number of rotatable bonds is 4. The molecule has 3 rings (SSSR count). The van der Waals surface area contributed by atoms with Crippen molar-refractivity contribution in [2.24, 2.45) is 0 Å². The summed E-state index contributed by atoms with van der Waals surface area (Å²) >= 11 is 0.